The highest BCUT2D eigenvalue weighted by molar-refractivity contribution is 5.95. The molecule has 0 radical (unpaired) electrons. The van der Waals surface area contributed by atoms with Gasteiger partial charge in [-0.3, -0.25) is 4.79 Å². The Morgan fingerprint density at radius 3 is 2.72 bits per heavy atom. The molecular weight excluding hydrogens is 344 g/mol. The molecule has 1 aromatic carbocycles. The van der Waals surface area contributed by atoms with Crippen LogP contribution in [-0.4, -0.2) is 18.8 Å². The van der Waals surface area contributed by atoms with E-state index in [1.54, 1.807) is 0 Å². The molecule has 1 aliphatic heterocycles. The third kappa shape index (κ3) is 3.65. The molecule has 0 aliphatic carbocycles. The number of fused-ring (bicyclic) bond motifs is 1. The Bertz CT molecular complexity index is 837. The first kappa shape index (κ1) is 17.0. The number of ether oxygens (including phenoxy) is 1. The molecule has 0 spiro atoms. The average Bonchev–Trinajstić information content (AvgIpc) is 2.52. The van der Waals surface area contributed by atoms with Crippen molar-refractivity contribution in [3.63, 3.8) is 0 Å². The lowest BCUT2D eigenvalue weighted by Gasteiger charge is -2.17. The molecular formula is C16H12F4N2O3. The number of rotatable bonds is 3. The van der Waals surface area contributed by atoms with Gasteiger partial charge in [-0.2, -0.15) is 4.73 Å². The maximum absolute atomic E-state index is 13.9. The Morgan fingerprint density at radius 1 is 1.24 bits per heavy atom. The molecule has 1 N–H and O–H groups in total. The quantitative estimate of drug-likeness (QED) is 0.521. The van der Waals surface area contributed by atoms with Gasteiger partial charge in [0.25, 0.3) is 5.91 Å². The summed E-state index contributed by atoms with van der Waals surface area (Å²) in [6.07, 6.45) is -4.82. The SMILES string of the molecule is O=C1NCCc2c1ccc(Cc1cc(OC(F)(F)F)ccc1F)[n+]2[O-]. The Hall–Kier alpha value is -2.84. The zero-order valence-corrected chi connectivity index (χ0v) is 12.7. The Labute approximate surface area is 139 Å². The molecule has 3 rings (SSSR count). The van der Waals surface area contributed by atoms with Crippen molar-refractivity contribution in [2.24, 2.45) is 0 Å². The number of amides is 1. The van der Waals surface area contributed by atoms with Crippen molar-refractivity contribution in [3.05, 3.63) is 63.9 Å². The van der Waals surface area contributed by atoms with Crippen LogP contribution in [0.2, 0.25) is 0 Å². The smallest absolute Gasteiger partial charge is 0.573 e. The molecule has 0 fully saturated rings. The van der Waals surface area contributed by atoms with Gasteiger partial charge in [0.15, 0.2) is 5.69 Å². The van der Waals surface area contributed by atoms with Crippen LogP contribution in [0.15, 0.2) is 30.3 Å². The van der Waals surface area contributed by atoms with Crippen molar-refractivity contribution in [3.8, 4) is 5.75 Å². The summed E-state index contributed by atoms with van der Waals surface area (Å²) in [5.74, 6) is -1.70. The summed E-state index contributed by atoms with van der Waals surface area (Å²) in [6.45, 7) is 0.306. The van der Waals surface area contributed by atoms with Gasteiger partial charge >= 0.3 is 6.36 Å². The van der Waals surface area contributed by atoms with Gasteiger partial charge in [0, 0.05) is 18.2 Å². The molecule has 0 atom stereocenters. The normalized spacial score (nSPS) is 14.0. The fraction of sp³-hybridized carbons (Fsp3) is 0.250. The highest BCUT2D eigenvalue weighted by Crippen LogP contribution is 2.25. The zero-order chi connectivity index (χ0) is 18.2. The summed E-state index contributed by atoms with van der Waals surface area (Å²) in [6, 6.07) is 5.40. The van der Waals surface area contributed by atoms with Crippen LogP contribution in [0.5, 0.6) is 5.75 Å². The lowest BCUT2D eigenvalue weighted by atomic mass is 10.0. The molecule has 9 heteroatoms. The number of carbonyl (C=O) groups excluding carboxylic acids is 1. The molecule has 25 heavy (non-hydrogen) atoms. The van der Waals surface area contributed by atoms with Gasteiger partial charge in [-0.15, -0.1) is 13.2 Å². The van der Waals surface area contributed by atoms with Crippen LogP contribution in [0.3, 0.4) is 0 Å². The number of hydrogen-bond acceptors (Lipinski definition) is 3. The number of benzene rings is 1. The van der Waals surface area contributed by atoms with Gasteiger partial charge in [-0.1, -0.05) is 0 Å². The van der Waals surface area contributed by atoms with Crippen molar-refractivity contribution in [1.29, 1.82) is 0 Å². The summed E-state index contributed by atoms with van der Waals surface area (Å²) in [4.78, 5) is 11.7. The molecule has 2 aromatic rings. The van der Waals surface area contributed by atoms with Gasteiger partial charge in [-0.05, 0) is 24.3 Å². The first-order valence-electron chi connectivity index (χ1n) is 7.31. The second-order valence-corrected chi connectivity index (χ2v) is 5.46. The van der Waals surface area contributed by atoms with E-state index in [4.69, 9.17) is 0 Å². The Morgan fingerprint density at radius 2 is 2.00 bits per heavy atom. The van der Waals surface area contributed by atoms with E-state index in [0.29, 0.717) is 17.7 Å². The minimum absolute atomic E-state index is 0.119. The molecule has 0 saturated heterocycles. The van der Waals surface area contributed by atoms with Gasteiger partial charge in [0.1, 0.15) is 17.1 Å². The number of alkyl halides is 3. The van der Waals surface area contributed by atoms with Crippen molar-refractivity contribution >= 4 is 5.91 Å². The monoisotopic (exact) mass is 356 g/mol. The lowest BCUT2D eigenvalue weighted by molar-refractivity contribution is -0.622. The summed E-state index contributed by atoms with van der Waals surface area (Å²) in [7, 11) is 0. The van der Waals surface area contributed by atoms with Crippen molar-refractivity contribution in [2.45, 2.75) is 19.2 Å². The first-order valence-corrected chi connectivity index (χ1v) is 7.31. The standard InChI is InChI=1S/C16H12F4N2O3/c17-13-4-2-11(25-16(18,19)20)8-9(13)7-10-1-3-12-14(22(10)24)5-6-21-15(12)23/h1-4,8H,5-7H2,(H,21,23). The molecule has 5 nitrogen and oxygen atoms in total. The van der Waals surface area contributed by atoms with Crippen LogP contribution in [0.25, 0.3) is 0 Å². The predicted octanol–water partition coefficient (Wildman–Crippen LogP) is 2.23. The Balaban J connectivity index is 1.92. The number of aromatic nitrogens is 1. The van der Waals surface area contributed by atoms with Crippen LogP contribution < -0.4 is 14.8 Å². The second kappa shape index (κ2) is 6.23. The molecule has 0 saturated carbocycles. The molecule has 0 bridgehead atoms. The molecule has 132 valence electrons. The van der Waals surface area contributed by atoms with Gasteiger partial charge in [0.05, 0.1) is 12.8 Å². The van der Waals surface area contributed by atoms with Crippen molar-refractivity contribution < 1.29 is 31.8 Å². The van der Waals surface area contributed by atoms with E-state index >= 15 is 0 Å². The molecule has 0 unspecified atom stereocenters. The maximum Gasteiger partial charge on any atom is 0.573 e. The average molecular weight is 356 g/mol. The van der Waals surface area contributed by atoms with Gasteiger partial charge in [0.2, 0.25) is 5.69 Å². The minimum Gasteiger partial charge on any atom is -0.618 e. The van der Waals surface area contributed by atoms with E-state index in [0.717, 1.165) is 18.2 Å². The number of hydrogen-bond donors (Lipinski definition) is 1. The minimum atomic E-state index is -4.90. The highest BCUT2D eigenvalue weighted by Gasteiger charge is 2.31. The number of nitrogens with one attached hydrogen (secondary N) is 1. The highest BCUT2D eigenvalue weighted by atomic mass is 19.4. The molecule has 1 aromatic heterocycles. The van der Waals surface area contributed by atoms with Crippen LogP contribution in [0.1, 0.15) is 27.3 Å². The van der Waals surface area contributed by atoms with E-state index in [-0.39, 0.29) is 34.8 Å². The zero-order valence-electron chi connectivity index (χ0n) is 12.7. The van der Waals surface area contributed by atoms with Crippen LogP contribution >= 0.6 is 0 Å². The van der Waals surface area contributed by atoms with E-state index in [9.17, 15) is 27.6 Å². The van der Waals surface area contributed by atoms with E-state index in [1.807, 2.05) is 0 Å². The van der Waals surface area contributed by atoms with E-state index in [1.165, 1.54) is 12.1 Å². The van der Waals surface area contributed by atoms with Crippen LogP contribution in [0, 0.1) is 11.0 Å². The fourth-order valence-corrected chi connectivity index (χ4v) is 2.67. The second-order valence-electron chi connectivity index (χ2n) is 5.46. The molecule has 1 aliphatic rings. The van der Waals surface area contributed by atoms with Crippen LogP contribution in [-0.2, 0) is 12.8 Å². The summed E-state index contributed by atoms with van der Waals surface area (Å²) in [5, 5.41) is 15.0. The van der Waals surface area contributed by atoms with Crippen molar-refractivity contribution in [2.75, 3.05) is 6.54 Å². The third-order valence-electron chi connectivity index (χ3n) is 3.77. The van der Waals surface area contributed by atoms with E-state index < -0.39 is 17.9 Å². The fourth-order valence-electron chi connectivity index (χ4n) is 2.67. The molecule has 1 amide bonds. The summed E-state index contributed by atoms with van der Waals surface area (Å²) >= 11 is 0. The summed E-state index contributed by atoms with van der Waals surface area (Å²) in [5.41, 5.74) is 0.493. The van der Waals surface area contributed by atoms with Crippen LogP contribution in [0.4, 0.5) is 17.6 Å². The lowest BCUT2D eigenvalue weighted by Crippen LogP contribution is -2.45. The first-order chi connectivity index (χ1) is 11.7. The largest absolute Gasteiger partial charge is 0.618 e. The van der Waals surface area contributed by atoms with Gasteiger partial charge < -0.3 is 15.3 Å². The third-order valence-corrected chi connectivity index (χ3v) is 3.77. The predicted molar refractivity (Wildman–Crippen MR) is 77.3 cm³/mol. The topological polar surface area (TPSA) is 65.3 Å². The van der Waals surface area contributed by atoms with E-state index in [2.05, 4.69) is 10.1 Å². The maximum atomic E-state index is 13.9. The number of carbonyl (C=O) groups is 1. The number of nitrogens with zero attached hydrogens (tertiary/aromatic N) is 1. The number of pyridine rings is 1. The molecule has 2 heterocycles. The number of halogens is 4. The van der Waals surface area contributed by atoms with Gasteiger partial charge in [-0.25, -0.2) is 4.39 Å². The van der Waals surface area contributed by atoms with Crippen molar-refractivity contribution in [1.82, 2.24) is 5.32 Å². The summed E-state index contributed by atoms with van der Waals surface area (Å²) < 4.78 is 55.1. The Kier molecular flexibility index (Phi) is 4.23.